The number of methoxy groups -OCH3 is 1. The summed E-state index contributed by atoms with van der Waals surface area (Å²) in [4.78, 5) is 26.0. The van der Waals surface area contributed by atoms with Crippen molar-refractivity contribution in [3.05, 3.63) is 71.1 Å². The second-order valence-electron chi connectivity index (χ2n) is 7.65. The van der Waals surface area contributed by atoms with E-state index in [4.69, 9.17) is 9.47 Å². The third-order valence-electron chi connectivity index (χ3n) is 5.12. The van der Waals surface area contributed by atoms with Crippen LogP contribution in [0.4, 0.5) is 0 Å². The Balaban J connectivity index is 1.26. The number of rotatable bonds is 10. The highest BCUT2D eigenvalue weighted by Crippen LogP contribution is 2.36. The van der Waals surface area contributed by atoms with Crippen molar-refractivity contribution in [3.63, 3.8) is 0 Å². The largest absolute Gasteiger partial charge is 0.495 e. The van der Waals surface area contributed by atoms with Gasteiger partial charge in [-0.05, 0) is 48.6 Å². The lowest BCUT2D eigenvalue weighted by Gasteiger charge is -2.08. The van der Waals surface area contributed by atoms with Gasteiger partial charge in [0.25, 0.3) is 11.8 Å². The highest BCUT2D eigenvalue weighted by Gasteiger charge is 2.23. The van der Waals surface area contributed by atoms with Gasteiger partial charge in [-0.15, -0.1) is 11.3 Å². The summed E-state index contributed by atoms with van der Waals surface area (Å²) in [6.07, 6.45) is 2.81. The monoisotopic (exact) mass is 450 g/mol. The van der Waals surface area contributed by atoms with E-state index >= 15 is 0 Å². The fourth-order valence-corrected chi connectivity index (χ4v) is 4.28. The van der Waals surface area contributed by atoms with Crippen LogP contribution < -0.4 is 20.1 Å². The summed E-state index contributed by atoms with van der Waals surface area (Å²) in [5, 5.41) is 5.87. The number of benzene rings is 2. The van der Waals surface area contributed by atoms with Crippen LogP contribution in [-0.2, 0) is 11.2 Å². The SMILES string of the molecule is COc1cc(-c2ccccc2)sc1C(=O)NCCc1ccc(OCC(=O)NC2CC2)cc1. The van der Waals surface area contributed by atoms with E-state index in [9.17, 15) is 9.59 Å². The zero-order valence-electron chi connectivity index (χ0n) is 17.9. The second kappa shape index (κ2) is 10.3. The van der Waals surface area contributed by atoms with Gasteiger partial charge in [-0.2, -0.15) is 0 Å². The zero-order chi connectivity index (χ0) is 22.3. The Labute approximate surface area is 191 Å². The van der Waals surface area contributed by atoms with E-state index < -0.39 is 0 Å². The van der Waals surface area contributed by atoms with E-state index in [0.717, 1.165) is 28.8 Å². The first-order valence-corrected chi connectivity index (χ1v) is 11.5. The molecule has 3 aromatic rings. The van der Waals surface area contributed by atoms with Gasteiger partial charge in [0.2, 0.25) is 0 Å². The molecule has 4 rings (SSSR count). The summed E-state index contributed by atoms with van der Waals surface area (Å²) in [6.45, 7) is 0.532. The molecule has 0 atom stereocenters. The summed E-state index contributed by atoms with van der Waals surface area (Å²) in [6, 6.07) is 19.7. The number of amides is 2. The average Bonchev–Trinajstić information content (AvgIpc) is 3.52. The molecule has 7 heteroatoms. The molecule has 0 bridgehead atoms. The van der Waals surface area contributed by atoms with E-state index in [-0.39, 0.29) is 18.4 Å². The minimum absolute atomic E-state index is 0.0273. The highest BCUT2D eigenvalue weighted by atomic mass is 32.1. The van der Waals surface area contributed by atoms with Crippen LogP contribution >= 0.6 is 11.3 Å². The zero-order valence-corrected chi connectivity index (χ0v) is 18.7. The Hall–Kier alpha value is -3.32. The molecular weight excluding hydrogens is 424 g/mol. The molecule has 0 radical (unpaired) electrons. The summed E-state index contributed by atoms with van der Waals surface area (Å²) < 4.78 is 10.9. The van der Waals surface area contributed by atoms with Gasteiger partial charge in [0, 0.05) is 17.5 Å². The van der Waals surface area contributed by atoms with Gasteiger partial charge < -0.3 is 20.1 Å². The van der Waals surface area contributed by atoms with Gasteiger partial charge >= 0.3 is 0 Å². The molecule has 0 saturated heterocycles. The molecule has 1 saturated carbocycles. The van der Waals surface area contributed by atoms with Gasteiger partial charge in [0.1, 0.15) is 16.4 Å². The molecule has 1 aliphatic carbocycles. The maximum Gasteiger partial charge on any atom is 0.265 e. The molecular formula is C25H26N2O4S. The van der Waals surface area contributed by atoms with E-state index in [0.29, 0.717) is 35.4 Å². The third-order valence-corrected chi connectivity index (χ3v) is 6.28. The number of hydrogen-bond acceptors (Lipinski definition) is 5. The summed E-state index contributed by atoms with van der Waals surface area (Å²) in [7, 11) is 1.58. The van der Waals surface area contributed by atoms with Crippen molar-refractivity contribution in [2.75, 3.05) is 20.3 Å². The molecule has 32 heavy (non-hydrogen) atoms. The van der Waals surface area contributed by atoms with Crippen molar-refractivity contribution in [2.24, 2.45) is 0 Å². The molecule has 166 valence electrons. The lowest BCUT2D eigenvalue weighted by molar-refractivity contribution is -0.123. The minimum atomic E-state index is -0.143. The summed E-state index contributed by atoms with van der Waals surface area (Å²) >= 11 is 1.42. The number of carbonyl (C=O) groups excluding carboxylic acids is 2. The predicted octanol–water partition coefficient (Wildman–Crippen LogP) is 4.05. The topological polar surface area (TPSA) is 76.7 Å². The van der Waals surface area contributed by atoms with E-state index in [1.54, 1.807) is 7.11 Å². The van der Waals surface area contributed by atoms with Crippen LogP contribution in [0.3, 0.4) is 0 Å². The Bertz CT molecular complexity index is 1060. The van der Waals surface area contributed by atoms with Crippen LogP contribution in [0.25, 0.3) is 10.4 Å². The first-order chi connectivity index (χ1) is 15.6. The lowest BCUT2D eigenvalue weighted by Crippen LogP contribution is -2.30. The van der Waals surface area contributed by atoms with E-state index in [1.165, 1.54) is 11.3 Å². The van der Waals surface area contributed by atoms with Crippen LogP contribution in [0.5, 0.6) is 11.5 Å². The predicted molar refractivity (Wildman–Crippen MR) is 125 cm³/mol. The van der Waals surface area contributed by atoms with Gasteiger partial charge in [-0.1, -0.05) is 42.5 Å². The first-order valence-electron chi connectivity index (χ1n) is 10.6. The third kappa shape index (κ3) is 5.88. The van der Waals surface area contributed by atoms with Crippen molar-refractivity contribution in [1.29, 1.82) is 0 Å². The smallest absolute Gasteiger partial charge is 0.265 e. The molecule has 0 aliphatic heterocycles. The normalized spacial score (nSPS) is 12.8. The Morgan fingerprint density at radius 2 is 1.81 bits per heavy atom. The lowest BCUT2D eigenvalue weighted by atomic mass is 10.1. The average molecular weight is 451 g/mol. The van der Waals surface area contributed by atoms with Crippen molar-refractivity contribution in [3.8, 4) is 21.9 Å². The molecule has 1 aliphatic rings. The minimum Gasteiger partial charge on any atom is -0.495 e. The summed E-state index contributed by atoms with van der Waals surface area (Å²) in [5.41, 5.74) is 2.13. The fraction of sp³-hybridized carbons (Fsp3) is 0.280. The van der Waals surface area contributed by atoms with E-state index in [1.807, 2.05) is 60.7 Å². The Kier molecular flexibility index (Phi) is 7.07. The Morgan fingerprint density at radius 3 is 2.50 bits per heavy atom. The number of hydrogen-bond donors (Lipinski definition) is 2. The molecule has 6 nitrogen and oxygen atoms in total. The first kappa shape index (κ1) is 21.9. The van der Waals surface area contributed by atoms with Crippen molar-refractivity contribution < 1.29 is 19.1 Å². The molecule has 2 N–H and O–H groups in total. The molecule has 2 amide bonds. The molecule has 1 aromatic heterocycles. The molecule has 0 spiro atoms. The number of thiophene rings is 1. The fourth-order valence-electron chi connectivity index (χ4n) is 3.23. The molecule has 2 aromatic carbocycles. The molecule has 1 heterocycles. The van der Waals surface area contributed by atoms with Crippen LogP contribution in [0.15, 0.2) is 60.7 Å². The molecule has 1 fully saturated rings. The van der Waals surface area contributed by atoms with Crippen LogP contribution in [0.2, 0.25) is 0 Å². The number of ether oxygens (including phenoxy) is 2. The molecule has 0 unspecified atom stereocenters. The van der Waals surface area contributed by atoms with Gasteiger partial charge in [-0.3, -0.25) is 9.59 Å². The van der Waals surface area contributed by atoms with Crippen LogP contribution in [0, 0.1) is 0 Å². The van der Waals surface area contributed by atoms with Crippen molar-refractivity contribution in [2.45, 2.75) is 25.3 Å². The summed E-state index contributed by atoms with van der Waals surface area (Å²) in [5.74, 6) is 1.01. The van der Waals surface area contributed by atoms with Crippen LogP contribution in [0.1, 0.15) is 28.1 Å². The van der Waals surface area contributed by atoms with Gasteiger partial charge in [0.15, 0.2) is 6.61 Å². The maximum atomic E-state index is 12.7. The number of nitrogens with one attached hydrogen (secondary N) is 2. The standard InChI is InChI=1S/C25H26N2O4S/c1-30-21-15-22(18-5-3-2-4-6-18)32-24(21)25(29)26-14-13-17-7-11-20(12-8-17)31-16-23(28)27-19-9-10-19/h2-8,11-12,15,19H,9-10,13-14,16H2,1H3,(H,26,29)(H,27,28). The Morgan fingerprint density at radius 1 is 1.06 bits per heavy atom. The quantitative estimate of drug-likeness (QED) is 0.489. The van der Waals surface area contributed by atoms with Gasteiger partial charge in [-0.25, -0.2) is 0 Å². The number of carbonyl (C=O) groups is 2. The van der Waals surface area contributed by atoms with Crippen molar-refractivity contribution in [1.82, 2.24) is 10.6 Å². The van der Waals surface area contributed by atoms with Crippen LogP contribution in [-0.4, -0.2) is 38.1 Å². The highest BCUT2D eigenvalue weighted by molar-refractivity contribution is 7.17. The van der Waals surface area contributed by atoms with Crippen molar-refractivity contribution >= 4 is 23.2 Å². The van der Waals surface area contributed by atoms with Gasteiger partial charge in [0.05, 0.1) is 7.11 Å². The second-order valence-corrected chi connectivity index (χ2v) is 8.71. The van der Waals surface area contributed by atoms with E-state index in [2.05, 4.69) is 10.6 Å². The maximum absolute atomic E-state index is 12.7.